The summed E-state index contributed by atoms with van der Waals surface area (Å²) in [6.07, 6.45) is -5.36. The average molecular weight is 263 g/mol. The van der Waals surface area contributed by atoms with Gasteiger partial charge in [-0.3, -0.25) is 0 Å². The summed E-state index contributed by atoms with van der Waals surface area (Å²) < 4.78 is 47.0. The molecule has 1 aromatic carbocycles. The molecule has 1 aromatic rings. The van der Waals surface area contributed by atoms with E-state index in [0.29, 0.717) is 17.9 Å². The van der Waals surface area contributed by atoms with Crippen molar-refractivity contribution in [2.45, 2.75) is 18.6 Å². The minimum absolute atomic E-state index is 0.270. The Balaban J connectivity index is 2.74. The summed E-state index contributed by atoms with van der Waals surface area (Å²) in [5.41, 5.74) is 5.91. The molecule has 3 nitrogen and oxygen atoms in total. The lowest BCUT2D eigenvalue weighted by Crippen LogP contribution is -2.21. The molecule has 0 aliphatic heterocycles. The van der Waals surface area contributed by atoms with E-state index in [-0.39, 0.29) is 6.61 Å². The van der Waals surface area contributed by atoms with E-state index in [2.05, 4.69) is 0 Å². The van der Waals surface area contributed by atoms with Crippen molar-refractivity contribution in [1.82, 2.24) is 0 Å². The van der Waals surface area contributed by atoms with Crippen molar-refractivity contribution in [3.05, 3.63) is 29.8 Å². The van der Waals surface area contributed by atoms with Crippen LogP contribution in [0.2, 0.25) is 0 Å². The Kier molecular flexibility index (Phi) is 5.43. The molecule has 1 rings (SSSR count). The number of hydrogen-bond acceptors (Lipinski definition) is 3. The smallest absolute Gasteiger partial charge is 0.390 e. The molecule has 102 valence electrons. The largest absolute Gasteiger partial charge is 0.491 e. The molecule has 1 atom stereocenters. The van der Waals surface area contributed by atoms with Crippen molar-refractivity contribution < 1.29 is 22.6 Å². The van der Waals surface area contributed by atoms with Crippen molar-refractivity contribution >= 4 is 0 Å². The van der Waals surface area contributed by atoms with Crippen LogP contribution in [-0.2, 0) is 4.74 Å². The standard InChI is InChI=1S/C12H16F3NO2/c1-17-6-7-18-11-5-3-2-4-9(11)10(16)8-12(13,14)15/h2-5,10H,6-8,16H2,1H3. The van der Waals surface area contributed by atoms with E-state index in [0.717, 1.165) is 0 Å². The lowest BCUT2D eigenvalue weighted by atomic mass is 10.0. The minimum Gasteiger partial charge on any atom is -0.491 e. The number of rotatable bonds is 6. The van der Waals surface area contributed by atoms with Gasteiger partial charge in [0.25, 0.3) is 0 Å². The normalized spacial score (nSPS) is 13.4. The van der Waals surface area contributed by atoms with E-state index >= 15 is 0 Å². The van der Waals surface area contributed by atoms with Crippen LogP contribution in [0.15, 0.2) is 24.3 Å². The van der Waals surface area contributed by atoms with Crippen molar-refractivity contribution in [2.75, 3.05) is 20.3 Å². The van der Waals surface area contributed by atoms with Gasteiger partial charge in [0, 0.05) is 18.7 Å². The van der Waals surface area contributed by atoms with Crippen LogP contribution in [0.5, 0.6) is 5.75 Å². The summed E-state index contributed by atoms with van der Waals surface area (Å²) in [6.45, 7) is 0.634. The fourth-order valence-corrected chi connectivity index (χ4v) is 1.51. The quantitative estimate of drug-likeness (QED) is 0.802. The second-order valence-electron chi connectivity index (χ2n) is 3.80. The van der Waals surface area contributed by atoms with Crippen molar-refractivity contribution in [3.8, 4) is 5.75 Å². The zero-order valence-electron chi connectivity index (χ0n) is 10.0. The summed E-state index contributed by atoms with van der Waals surface area (Å²) in [5, 5.41) is 0. The molecule has 0 aromatic heterocycles. The van der Waals surface area contributed by atoms with Gasteiger partial charge in [-0.1, -0.05) is 18.2 Å². The molecule has 18 heavy (non-hydrogen) atoms. The summed E-state index contributed by atoms with van der Waals surface area (Å²) in [7, 11) is 1.52. The first kappa shape index (κ1) is 14.8. The van der Waals surface area contributed by atoms with E-state index in [1.165, 1.54) is 7.11 Å². The van der Waals surface area contributed by atoms with Crippen LogP contribution in [-0.4, -0.2) is 26.5 Å². The number of hydrogen-bond donors (Lipinski definition) is 1. The summed E-state index contributed by atoms with van der Waals surface area (Å²) >= 11 is 0. The number of alkyl halides is 3. The molecule has 0 saturated carbocycles. The number of para-hydroxylation sites is 1. The SMILES string of the molecule is COCCOc1ccccc1C(N)CC(F)(F)F. The molecular formula is C12H16F3NO2. The van der Waals surface area contributed by atoms with Crippen molar-refractivity contribution in [2.24, 2.45) is 5.73 Å². The Morgan fingerprint density at radius 3 is 2.50 bits per heavy atom. The third kappa shape index (κ3) is 4.93. The minimum atomic E-state index is -4.29. The second-order valence-corrected chi connectivity index (χ2v) is 3.80. The van der Waals surface area contributed by atoms with Gasteiger partial charge < -0.3 is 15.2 Å². The molecule has 0 bridgehead atoms. The number of ether oxygens (including phenoxy) is 2. The zero-order chi connectivity index (χ0) is 13.6. The summed E-state index contributed by atoms with van der Waals surface area (Å²) in [4.78, 5) is 0. The Labute approximate surface area is 104 Å². The van der Waals surface area contributed by atoms with Crippen LogP contribution in [0.1, 0.15) is 18.0 Å². The van der Waals surface area contributed by atoms with Crippen LogP contribution in [0.3, 0.4) is 0 Å². The zero-order valence-corrected chi connectivity index (χ0v) is 10.0. The Hall–Kier alpha value is -1.27. The average Bonchev–Trinajstić information content (AvgIpc) is 2.27. The van der Waals surface area contributed by atoms with E-state index < -0.39 is 18.6 Å². The highest BCUT2D eigenvalue weighted by Gasteiger charge is 2.31. The molecule has 0 amide bonds. The van der Waals surface area contributed by atoms with Gasteiger partial charge in [0.05, 0.1) is 13.0 Å². The van der Waals surface area contributed by atoms with E-state index in [9.17, 15) is 13.2 Å². The van der Waals surface area contributed by atoms with Crippen LogP contribution >= 0.6 is 0 Å². The monoisotopic (exact) mass is 263 g/mol. The van der Waals surface area contributed by atoms with E-state index in [1.54, 1.807) is 24.3 Å². The maximum Gasteiger partial charge on any atom is 0.390 e. The van der Waals surface area contributed by atoms with Gasteiger partial charge in [0.15, 0.2) is 0 Å². The van der Waals surface area contributed by atoms with Gasteiger partial charge in [0.1, 0.15) is 12.4 Å². The Morgan fingerprint density at radius 1 is 1.22 bits per heavy atom. The first-order valence-electron chi connectivity index (χ1n) is 5.47. The highest BCUT2D eigenvalue weighted by molar-refractivity contribution is 5.35. The predicted molar refractivity (Wildman–Crippen MR) is 61.4 cm³/mol. The molecule has 0 aliphatic rings. The maximum atomic E-state index is 12.3. The van der Waals surface area contributed by atoms with E-state index in [4.69, 9.17) is 15.2 Å². The van der Waals surface area contributed by atoms with Gasteiger partial charge in [-0.05, 0) is 6.07 Å². The highest BCUT2D eigenvalue weighted by atomic mass is 19.4. The van der Waals surface area contributed by atoms with Gasteiger partial charge in [-0.25, -0.2) is 0 Å². The van der Waals surface area contributed by atoms with E-state index in [1.807, 2.05) is 0 Å². The number of nitrogens with two attached hydrogens (primary N) is 1. The third-order valence-electron chi connectivity index (χ3n) is 2.31. The van der Waals surface area contributed by atoms with Crippen LogP contribution in [0, 0.1) is 0 Å². The molecule has 0 saturated heterocycles. The highest BCUT2D eigenvalue weighted by Crippen LogP contribution is 2.32. The van der Waals surface area contributed by atoms with Crippen LogP contribution < -0.4 is 10.5 Å². The van der Waals surface area contributed by atoms with Gasteiger partial charge in [0.2, 0.25) is 0 Å². The second kappa shape index (κ2) is 6.61. The number of benzene rings is 1. The van der Waals surface area contributed by atoms with Gasteiger partial charge in [-0.2, -0.15) is 13.2 Å². The fraction of sp³-hybridized carbons (Fsp3) is 0.500. The topological polar surface area (TPSA) is 44.5 Å². The number of halogens is 3. The molecule has 2 N–H and O–H groups in total. The van der Waals surface area contributed by atoms with Gasteiger partial charge in [-0.15, -0.1) is 0 Å². The predicted octanol–water partition coefficient (Wildman–Crippen LogP) is 2.66. The molecule has 1 unspecified atom stereocenters. The first-order valence-corrected chi connectivity index (χ1v) is 5.47. The number of methoxy groups -OCH3 is 1. The molecule has 0 spiro atoms. The molecule has 0 heterocycles. The molecule has 0 fully saturated rings. The first-order chi connectivity index (χ1) is 8.44. The Morgan fingerprint density at radius 2 is 1.89 bits per heavy atom. The lowest BCUT2D eigenvalue weighted by Gasteiger charge is -2.18. The lowest BCUT2D eigenvalue weighted by molar-refractivity contribution is -0.138. The van der Waals surface area contributed by atoms with Crippen LogP contribution in [0.4, 0.5) is 13.2 Å². The molecule has 0 aliphatic carbocycles. The summed E-state index contributed by atoms with van der Waals surface area (Å²) in [5.74, 6) is 0.367. The third-order valence-corrected chi connectivity index (χ3v) is 2.31. The molecule has 0 radical (unpaired) electrons. The molecule has 6 heteroatoms. The van der Waals surface area contributed by atoms with Crippen molar-refractivity contribution in [3.63, 3.8) is 0 Å². The maximum absolute atomic E-state index is 12.3. The van der Waals surface area contributed by atoms with Gasteiger partial charge >= 0.3 is 6.18 Å². The fourth-order valence-electron chi connectivity index (χ4n) is 1.51. The molecular weight excluding hydrogens is 247 g/mol. The Bertz CT molecular complexity index is 369. The summed E-state index contributed by atoms with van der Waals surface area (Å²) in [6, 6.07) is 5.34. The van der Waals surface area contributed by atoms with Crippen LogP contribution in [0.25, 0.3) is 0 Å². The van der Waals surface area contributed by atoms with Crippen molar-refractivity contribution in [1.29, 1.82) is 0 Å².